The molecule has 156 valence electrons. The minimum absolute atomic E-state index is 0.238. The number of aromatic carboxylic acids is 1. The van der Waals surface area contributed by atoms with E-state index in [1.807, 2.05) is 53.9 Å². The average molecular weight is 433 g/mol. The maximum Gasteiger partial charge on any atom is 0.335 e. The molecule has 4 aromatic rings. The van der Waals surface area contributed by atoms with Crippen LogP contribution in [0.25, 0.3) is 11.3 Å². The van der Waals surface area contributed by atoms with Gasteiger partial charge in [-0.3, -0.25) is 0 Å². The van der Waals surface area contributed by atoms with E-state index in [-0.39, 0.29) is 5.56 Å². The number of carboxylic acid groups (broad SMARTS) is 1. The Bertz CT molecular complexity index is 1170. The number of benzene rings is 3. The molecule has 6 nitrogen and oxygen atoms in total. The summed E-state index contributed by atoms with van der Waals surface area (Å²) in [6, 6.07) is 22.1. The van der Waals surface area contributed by atoms with Gasteiger partial charge in [0.1, 0.15) is 18.1 Å². The Hall–Kier alpha value is -3.84. The highest BCUT2D eigenvalue weighted by molar-refractivity contribution is 7.14. The molecule has 7 heteroatoms. The van der Waals surface area contributed by atoms with Gasteiger partial charge < -0.3 is 19.9 Å². The van der Waals surface area contributed by atoms with Crippen LogP contribution in [0.1, 0.15) is 15.9 Å². The SMILES string of the molecule is COc1ccc(OCc2ccccc2)c(-c2csc(Nc3ccc(C(=O)O)cc3)n2)c1. The zero-order chi connectivity index (χ0) is 21.6. The van der Waals surface area contributed by atoms with Gasteiger partial charge in [-0.1, -0.05) is 30.3 Å². The topological polar surface area (TPSA) is 80.7 Å². The smallest absolute Gasteiger partial charge is 0.335 e. The third-order valence-corrected chi connectivity index (χ3v) is 5.34. The average Bonchev–Trinajstić information content (AvgIpc) is 3.27. The first-order valence-electron chi connectivity index (χ1n) is 9.53. The standard InChI is InChI=1S/C24H20N2O4S/c1-29-19-11-12-22(30-14-16-5-3-2-4-6-16)20(13-19)21-15-31-24(26-21)25-18-9-7-17(8-10-18)23(27)28/h2-13,15H,14H2,1H3,(H,25,26)(H,27,28). The summed E-state index contributed by atoms with van der Waals surface area (Å²) < 4.78 is 11.5. The van der Waals surface area contributed by atoms with Crippen molar-refractivity contribution in [1.82, 2.24) is 4.98 Å². The molecule has 0 aliphatic carbocycles. The quantitative estimate of drug-likeness (QED) is 0.364. The number of thiazole rings is 1. The molecule has 2 N–H and O–H groups in total. The lowest BCUT2D eigenvalue weighted by Gasteiger charge is -2.12. The number of carbonyl (C=O) groups is 1. The molecule has 0 saturated carbocycles. The van der Waals surface area contributed by atoms with E-state index in [1.54, 1.807) is 31.4 Å². The monoisotopic (exact) mass is 432 g/mol. The lowest BCUT2D eigenvalue weighted by atomic mass is 10.1. The summed E-state index contributed by atoms with van der Waals surface area (Å²) in [5.41, 5.74) is 3.67. The molecule has 1 heterocycles. The second kappa shape index (κ2) is 9.32. The molecule has 0 unspecified atom stereocenters. The van der Waals surface area contributed by atoms with Crippen LogP contribution in [0.2, 0.25) is 0 Å². The van der Waals surface area contributed by atoms with Crippen LogP contribution in [0.5, 0.6) is 11.5 Å². The van der Waals surface area contributed by atoms with E-state index in [2.05, 4.69) is 10.3 Å². The molecule has 0 bridgehead atoms. The van der Waals surface area contributed by atoms with Gasteiger partial charge in [0.15, 0.2) is 5.13 Å². The molecule has 0 aliphatic heterocycles. The Morgan fingerprint density at radius 2 is 1.84 bits per heavy atom. The Morgan fingerprint density at radius 3 is 2.55 bits per heavy atom. The Morgan fingerprint density at radius 1 is 1.06 bits per heavy atom. The van der Waals surface area contributed by atoms with Crippen molar-refractivity contribution >= 4 is 28.1 Å². The fourth-order valence-electron chi connectivity index (χ4n) is 2.97. The molecule has 0 saturated heterocycles. The summed E-state index contributed by atoms with van der Waals surface area (Å²) in [6.07, 6.45) is 0. The third kappa shape index (κ3) is 5.02. The lowest BCUT2D eigenvalue weighted by molar-refractivity contribution is 0.0697. The molecule has 1 aromatic heterocycles. The number of aromatic nitrogens is 1. The van der Waals surface area contributed by atoms with Crippen LogP contribution < -0.4 is 14.8 Å². The fraction of sp³-hybridized carbons (Fsp3) is 0.0833. The van der Waals surface area contributed by atoms with Gasteiger partial charge in [-0.15, -0.1) is 11.3 Å². The molecule has 31 heavy (non-hydrogen) atoms. The number of nitrogens with one attached hydrogen (secondary N) is 1. The minimum Gasteiger partial charge on any atom is -0.497 e. The highest BCUT2D eigenvalue weighted by Crippen LogP contribution is 2.36. The molecule has 4 rings (SSSR count). The van der Waals surface area contributed by atoms with E-state index in [0.717, 1.165) is 22.5 Å². The van der Waals surface area contributed by atoms with Crippen molar-refractivity contribution in [3.63, 3.8) is 0 Å². The van der Waals surface area contributed by atoms with Crippen molar-refractivity contribution in [1.29, 1.82) is 0 Å². The largest absolute Gasteiger partial charge is 0.497 e. The number of hydrogen-bond donors (Lipinski definition) is 2. The first kappa shape index (κ1) is 20.4. The van der Waals surface area contributed by atoms with Crippen molar-refractivity contribution in [2.24, 2.45) is 0 Å². The van der Waals surface area contributed by atoms with Crippen LogP contribution in [0.4, 0.5) is 10.8 Å². The Balaban J connectivity index is 1.55. The van der Waals surface area contributed by atoms with Crippen LogP contribution in [0.3, 0.4) is 0 Å². The van der Waals surface area contributed by atoms with Crippen LogP contribution in [0.15, 0.2) is 78.2 Å². The highest BCUT2D eigenvalue weighted by atomic mass is 32.1. The van der Waals surface area contributed by atoms with Crippen molar-refractivity contribution in [2.75, 3.05) is 12.4 Å². The normalized spacial score (nSPS) is 10.5. The van der Waals surface area contributed by atoms with Gasteiger partial charge in [-0.2, -0.15) is 0 Å². The number of nitrogens with zero attached hydrogens (tertiary/aromatic N) is 1. The van der Waals surface area contributed by atoms with Crippen molar-refractivity contribution < 1.29 is 19.4 Å². The molecular weight excluding hydrogens is 412 g/mol. The second-order valence-corrected chi connectivity index (χ2v) is 7.54. The number of anilines is 2. The fourth-order valence-corrected chi connectivity index (χ4v) is 3.70. The molecule has 0 spiro atoms. The summed E-state index contributed by atoms with van der Waals surface area (Å²) in [5.74, 6) is 0.477. The van der Waals surface area contributed by atoms with Gasteiger partial charge in [-0.05, 0) is 48.0 Å². The molecule has 3 aromatic carbocycles. The summed E-state index contributed by atoms with van der Waals surface area (Å²) in [6.45, 7) is 0.450. The third-order valence-electron chi connectivity index (χ3n) is 4.59. The van der Waals surface area contributed by atoms with Gasteiger partial charge in [0, 0.05) is 16.6 Å². The van der Waals surface area contributed by atoms with Gasteiger partial charge in [-0.25, -0.2) is 9.78 Å². The van der Waals surface area contributed by atoms with E-state index in [4.69, 9.17) is 14.6 Å². The van der Waals surface area contributed by atoms with Crippen LogP contribution in [-0.2, 0) is 6.61 Å². The molecule has 0 atom stereocenters. The Labute approximate surface area is 183 Å². The lowest BCUT2D eigenvalue weighted by Crippen LogP contribution is -1.98. The van der Waals surface area contributed by atoms with E-state index in [9.17, 15) is 4.79 Å². The van der Waals surface area contributed by atoms with E-state index >= 15 is 0 Å². The van der Waals surface area contributed by atoms with Crippen LogP contribution in [0, 0.1) is 0 Å². The molecule has 0 amide bonds. The predicted octanol–water partition coefficient (Wildman–Crippen LogP) is 5.84. The predicted molar refractivity (Wildman–Crippen MR) is 122 cm³/mol. The van der Waals surface area contributed by atoms with E-state index in [0.29, 0.717) is 23.2 Å². The number of rotatable bonds is 8. The van der Waals surface area contributed by atoms with Crippen molar-refractivity contribution in [3.8, 4) is 22.8 Å². The first-order chi connectivity index (χ1) is 15.1. The maximum absolute atomic E-state index is 11.0. The van der Waals surface area contributed by atoms with Gasteiger partial charge in [0.05, 0.1) is 18.4 Å². The van der Waals surface area contributed by atoms with Gasteiger partial charge in [0.25, 0.3) is 0 Å². The summed E-state index contributed by atoms with van der Waals surface area (Å²) in [4.78, 5) is 15.7. The van der Waals surface area contributed by atoms with Crippen LogP contribution in [-0.4, -0.2) is 23.2 Å². The number of ether oxygens (including phenoxy) is 2. The molecular formula is C24H20N2O4S. The Kier molecular flexibility index (Phi) is 6.14. The maximum atomic E-state index is 11.0. The highest BCUT2D eigenvalue weighted by Gasteiger charge is 2.13. The zero-order valence-corrected chi connectivity index (χ0v) is 17.6. The molecule has 0 fully saturated rings. The van der Waals surface area contributed by atoms with E-state index < -0.39 is 5.97 Å². The van der Waals surface area contributed by atoms with Gasteiger partial charge >= 0.3 is 5.97 Å². The van der Waals surface area contributed by atoms with Crippen molar-refractivity contribution in [3.05, 3.63) is 89.3 Å². The summed E-state index contributed by atoms with van der Waals surface area (Å²) in [7, 11) is 1.62. The summed E-state index contributed by atoms with van der Waals surface area (Å²) in [5, 5.41) is 14.9. The number of hydrogen-bond acceptors (Lipinski definition) is 6. The first-order valence-corrected chi connectivity index (χ1v) is 10.4. The summed E-state index contributed by atoms with van der Waals surface area (Å²) >= 11 is 1.45. The zero-order valence-electron chi connectivity index (χ0n) is 16.7. The molecule has 0 aliphatic rings. The minimum atomic E-state index is -0.954. The van der Waals surface area contributed by atoms with Crippen molar-refractivity contribution in [2.45, 2.75) is 6.61 Å². The molecule has 0 radical (unpaired) electrons. The van der Waals surface area contributed by atoms with E-state index in [1.165, 1.54) is 11.3 Å². The second-order valence-electron chi connectivity index (χ2n) is 6.68. The number of methoxy groups -OCH3 is 1. The van der Waals surface area contributed by atoms with Gasteiger partial charge in [0.2, 0.25) is 0 Å². The number of carboxylic acids is 1. The van der Waals surface area contributed by atoms with Crippen LogP contribution >= 0.6 is 11.3 Å².